The topological polar surface area (TPSA) is 117 Å². The average Bonchev–Trinajstić information content (AvgIpc) is 3.02. The Morgan fingerprint density at radius 3 is 3.23 bits per heavy atom. The molecule has 3 heterocycles. The number of nitrogens with one attached hydrogen (secondary N) is 1. The van der Waals surface area contributed by atoms with Gasteiger partial charge in [0.15, 0.2) is 22.7 Å². The number of nitrogen functional groups attached to an aromatic ring is 1. The van der Waals surface area contributed by atoms with E-state index in [1.807, 2.05) is 0 Å². The maximum absolute atomic E-state index is 13.8. The lowest BCUT2D eigenvalue weighted by atomic mass is 10.2. The van der Waals surface area contributed by atoms with Crippen LogP contribution >= 0.6 is 8.38 Å². The van der Waals surface area contributed by atoms with E-state index in [0.717, 1.165) is 0 Å². The van der Waals surface area contributed by atoms with Crippen LogP contribution in [0.2, 0.25) is 0 Å². The highest BCUT2D eigenvalue weighted by Crippen LogP contribution is 2.47. The number of benzene rings is 1. The van der Waals surface area contributed by atoms with Gasteiger partial charge in [-0.15, -0.1) is 0 Å². The summed E-state index contributed by atoms with van der Waals surface area (Å²) in [7, 11) is -1.37. The SMILES string of the molecule is Nc1nc2c(ncn2CCOCP2OCc3cccc(F)c3O2)c(=O)[nH]1. The molecule has 1 unspecified atom stereocenters. The Morgan fingerprint density at radius 2 is 2.35 bits per heavy atom. The standard InChI is InChI=1S/C15H15FN5O4P/c16-10-3-1-2-9-6-24-26(25-12(9)10)8-23-5-4-21-7-18-11-13(21)19-15(17)20-14(11)22/h1-3,7H,4-6,8H2,(H3,17,19,20,22). The van der Waals surface area contributed by atoms with Gasteiger partial charge in [-0.25, -0.2) is 9.37 Å². The monoisotopic (exact) mass is 379 g/mol. The van der Waals surface area contributed by atoms with Gasteiger partial charge in [0.25, 0.3) is 13.9 Å². The molecule has 0 saturated carbocycles. The van der Waals surface area contributed by atoms with Gasteiger partial charge in [0.1, 0.15) is 6.35 Å². The first-order valence-corrected chi connectivity index (χ1v) is 9.12. The van der Waals surface area contributed by atoms with Gasteiger partial charge < -0.3 is 24.1 Å². The molecule has 4 rings (SSSR count). The molecule has 0 amide bonds. The van der Waals surface area contributed by atoms with Crippen molar-refractivity contribution >= 4 is 25.5 Å². The van der Waals surface area contributed by atoms with Crippen molar-refractivity contribution < 1.29 is 18.2 Å². The molecule has 0 fully saturated rings. The van der Waals surface area contributed by atoms with Crippen LogP contribution in [-0.2, 0) is 22.4 Å². The summed E-state index contributed by atoms with van der Waals surface area (Å²) in [5, 5.41) is 0. The summed E-state index contributed by atoms with van der Waals surface area (Å²) in [6, 6.07) is 4.73. The van der Waals surface area contributed by atoms with E-state index in [4.69, 9.17) is 19.5 Å². The van der Waals surface area contributed by atoms with Crippen LogP contribution in [0.15, 0.2) is 29.3 Å². The zero-order valence-electron chi connectivity index (χ0n) is 13.5. The number of hydrogen-bond donors (Lipinski definition) is 2. The minimum Gasteiger partial charge on any atom is -0.442 e. The van der Waals surface area contributed by atoms with Crippen LogP contribution in [0.4, 0.5) is 10.3 Å². The normalized spacial score (nSPS) is 16.4. The van der Waals surface area contributed by atoms with E-state index < -0.39 is 14.2 Å². The molecular formula is C15H15FN5O4P. The second-order valence-electron chi connectivity index (χ2n) is 5.52. The fourth-order valence-corrected chi connectivity index (χ4v) is 3.69. The molecule has 0 aliphatic carbocycles. The van der Waals surface area contributed by atoms with Gasteiger partial charge in [-0.1, -0.05) is 12.1 Å². The molecule has 1 aliphatic rings. The van der Waals surface area contributed by atoms with Crippen molar-refractivity contribution in [1.29, 1.82) is 0 Å². The predicted molar refractivity (Wildman–Crippen MR) is 92.1 cm³/mol. The molecule has 3 aromatic rings. The average molecular weight is 379 g/mol. The van der Waals surface area contributed by atoms with Crippen molar-refractivity contribution in [3.8, 4) is 5.75 Å². The highest BCUT2D eigenvalue weighted by atomic mass is 31.2. The van der Waals surface area contributed by atoms with Crippen LogP contribution in [0, 0.1) is 5.82 Å². The Morgan fingerprint density at radius 1 is 1.46 bits per heavy atom. The molecule has 11 heteroatoms. The largest absolute Gasteiger partial charge is 0.442 e. The fourth-order valence-electron chi connectivity index (χ4n) is 2.54. The summed E-state index contributed by atoms with van der Waals surface area (Å²) in [5.41, 5.74) is 6.46. The number of para-hydroxylation sites is 1. The predicted octanol–water partition coefficient (Wildman–Crippen LogP) is 1.74. The first kappa shape index (κ1) is 16.9. The molecule has 0 spiro atoms. The number of anilines is 1. The molecule has 9 nitrogen and oxygen atoms in total. The van der Waals surface area contributed by atoms with Gasteiger partial charge in [-0.05, 0) is 6.07 Å². The van der Waals surface area contributed by atoms with E-state index in [2.05, 4.69) is 15.0 Å². The Hall–Kier alpha value is -2.55. The lowest BCUT2D eigenvalue weighted by molar-refractivity contribution is 0.148. The summed E-state index contributed by atoms with van der Waals surface area (Å²) in [5.74, 6) is -0.150. The number of nitrogens with two attached hydrogens (primary N) is 1. The van der Waals surface area contributed by atoms with Gasteiger partial charge in [0.2, 0.25) is 5.95 Å². The minimum atomic E-state index is -1.37. The highest BCUT2D eigenvalue weighted by molar-refractivity contribution is 7.47. The Labute approximate surface area is 147 Å². The number of rotatable bonds is 5. The third-order valence-corrected chi connectivity index (χ3v) is 4.97. The summed E-state index contributed by atoms with van der Waals surface area (Å²) >= 11 is 0. The molecule has 1 aliphatic heterocycles. The number of aromatic nitrogens is 4. The molecule has 1 aromatic carbocycles. The van der Waals surface area contributed by atoms with Gasteiger partial charge in [0.05, 0.1) is 19.5 Å². The molecule has 26 heavy (non-hydrogen) atoms. The van der Waals surface area contributed by atoms with Crippen molar-refractivity contribution in [2.75, 3.05) is 18.7 Å². The van der Waals surface area contributed by atoms with Crippen LogP contribution in [0.3, 0.4) is 0 Å². The van der Waals surface area contributed by atoms with E-state index >= 15 is 0 Å². The molecule has 2 aromatic heterocycles. The number of aromatic amines is 1. The second-order valence-corrected chi connectivity index (χ2v) is 6.89. The lowest BCUT2D eigenvalue weighted by Gasteiger charge is -2.25. The number of halogens is 1. The summed E-state index contributed by atoms with van der Waals surface area (Å²) in [4.78, 5) is 22.2. The zero-order chi connectivity index (χ0) is 18.1. The Balaban J connectivity index is 1.34. The fraction of sp³-hybridized carbons (Fsp3) is 0.267. The van der Waals surface area contributed by atoms with Gasteiger partial charge in [-0.2, -0.15) is 4.98 Å². The van der Waals surface area contributed by atoms with E-state index in [0.29, 0.717) is 31.0 Å². The Kier molecular flexibility index (Phi) is 4.54. The number of ether oxygens (including phenoxy) is 1. The summed E-state index contributed by atoms with van der Waals surface area (Å²) in [6.45, 7) is 1.02. The minimum absolute atomic E-state index is 0.0262. The molecule has 1 atom stereocenters. The van der Waals surface area contributed by atoms with Crippen LogP contribution in [0.1, 0.15) is 5.56 Å². The lowest BCUT2D eigenvalue weighted by Crippen LogP contribution is -2.14. The number of fused-ring (bicyclic) bond motifs is 2. The van der Waals surface area contributed by atoms with Gasteiger partial charge in [0, 0.05) is 12.1 Å². The van der Waals surface area contributed by atoms with Gasteiger partial charge >= 0.3 is 0 Å². The van der Waals surface area contributed by atoms with Crippen LogP contribution < -0.4 is 15.8 Å². The van der Waals surface area contributed by atoms with Crippen molar-refractivity contribution in [3.63, 3.8) is 0 Å². The highest BCUT2D eigenvalue weighted by Gasteiger charge is 2.24. The molecule has 0 radical (unpaired) electrons. The third kappa shape index (κ3) is 3.26. The van der Waals surface area contributed by atoms with Crippen LogP contribution in [0.25, 0.3) is 11.2 Å². The number of imidazole rings is 1. The van der Waals surface area contributed by atoms with E-state index in [1.54, 1.807) is 16.7 Å². The van der Waals surface area contributed by atoms with E-state index in [-0.39, 0.29) is 29.1 Å². The molecule has 136 valence electrons. The van der Waals surface area contributed by atoms with Crippen molar-refractivity contribution in [3.05, 3.63) is 46.3 Å². The van der Waals surface area contributed by atoms with Crippen molar-refractivity contribution in [1.82, 2.24) is 19.5 Å². The van der Waals surface area contributed by atoms with Crippen molar-refractivity contribution in [2.45, 2.75) is 13.2 Å². The first-order chi connectivity index (χ1) is 12.6. The summed E-state index contributed by atoms with van der Waals surface area (Å²) in [6.07, 6.45) is 1.70. The molecule has 3 N–H and O–H groups in total. The number of hydrogen-bond acceptors (Lipinski definition) is 7. The van der Waals surface area contributed by atoms with E-state index in [9.17, 15) is 9.18 Å². The Bertz CT molecular complexity index is 1010. The van der Waals surface area contributed by atoms with Crippen molar-refractivity contribution in [2.24, 2.45) is 0 Å². The van der Waals surface area contributed by atoms with E-state index in [1.165, 1.54) is 12.4 Å². The van der Waals surface area contributed by atoms with Crippen LogP contribution in [-0.4, -0.2) is 32.5 Å². The third-order valence-electron chi connectivity index (χ3n) is 3.77. The zero-order valence-corrected chi connectivity index (χ0v) is 14.4. The maximum Gasteiger partial charge on any atom is 0.280 e. The molecular weight excluding hydrogens is 364 g/mol. The van der Waals surface area contributed by atoms with Gasteiger partial charge in [-0.3, -0.25) is 9.78 Å². The number of nitrogens with zero attached hydrogens (tertiary/aromatic N) is 3. The quantitative estimate of drug-likeness (QED) is 0.512. The smallest absolute Gasteiger partial charge is 0.280 e. The number of H-pyrrole nitrogens is 1. The summed E-state index contributed by atoms with van der Waals surface area (Å²) < 4.78 is 32.1. The molecule has 0 saturated heterocycles. The maximum atomic E-state index is 13.8. The molecule has 0 bridgehead atoms. The van der Waals surface area contributed by atoms with Crippen LogP contribution in [0.5, 0.6) is 5.75 Å². The first-order valence-electron chi connectivity index (χ1n) is 7.76. The second kappa shape index (κ2) is 6.99.